The maximum Gasteiger partial charge on any atom is 0.414 e. The number of nitrogens with one attached hydrogen (secondary N) is 2. The molecular formula is C17H18N2O4S2. The number of thiophene rings is 1. The van der Waals surface area contributed by atoms with E-state index in [-0.39, 0.29) is 23.8 Å². The number of hydrogen-bond acceptors (Lipinski definition) is 6. The molecule has 132 valence electrons. The Morgan fingerprint density at radius 3 is 2.56 bits per heavy atom. The maximum atomic E-state index is 12.1. The summed E-state index contributed by atoms with van der Waals surface area (Å²) in [6.45, 7) is 3.81. The first-order chi connectivity index (χ1) is 12.0. The van der Waals surface area contributed by atoms with Crippen molar-refractivity contribution >= 4 is 46.0 Å². The number of rotatable bonds is 6. The second-order valence-electron chi connectivity index (χ2n) is 4.99. The SMILES string of the molecule is CCOC(=O)NC(=O)c1ccsc1NC(=O)CSc1ccc(C)cc1. The molecule has 0 atom stereocenters. The molecule has 0 aliphatic rings. The fourth-order valence-electron chi connectivity index (χ4n) is 1.86. The van der Waals surface area contributed by atoms with Gasteiger partial charge in [0.25, 0.3) is 5.91 Å². The predicted octanol–water partition coefficient (Wildman–Crippen LogP) is 3.67. The molecule has 2 rings (SSSR count). The summed E-state index contributed by atoms with van der Waals surface area (Å²) in [5, 5.41) is 6.88. The van der Waals surface area contributed by atoms with Gasteiger partial charge in [-0.05, 0) is 37.4 Å². The highest BCUT2D eigenvalue weighted by Gasteiger charge is 2.17. The fourth-order valence-corrected chi connectivity index (χ4v) is 3.36. The van der Waals surface area contributed by atoms with Gasteiger partial charge in [0.2, 0.25) is 5.91 Å². The minimum atomic E-state index is -0.814. The number of anilines is 1. The number of aryl methyl sites for hydroxylation is 1. The fraction of sp³-hybridized carbons (Fsp3) is 0.235. The van der Waals surface area contributed by atoms with Gasteiger partial charge in [-0.25, -0.2) is 4.79 Å². The van der Waals surface area contributed by atoms with Crippen molar-refractivity contribution in [2.75, 3.05) is 17.7 Å². The van der Waals surface area contributed by atoms with Crippen molar-refractivity contribution in [1.29, 1.82) is 0 Å². The third-order valence-electron chi connectivity index (χ3n) is 3.04. The van der Waals surface area contributed by atoms with Crippen LogP contribution in [-0.2, 0) is 9.53 Å². The lowest BCUT2D eigenvalue weighted by molar-refractivity contribution is -0.113. The molecule has 8 heteroatoms. The van der Waals surface area contributed by atoms with Crippen LogP contribution in [0.4, 0.5) is 9.80 Å². The Labute approximate surface area is 154 Å². The summed E-state index contributed by atoms with van der Waals surface area (Å²) >= 11 is 2.62. The van der Waals surface area contributed by atoms with Crippen LogP contribution in [0.3, 0.4) is 0 Å². The van der Waals surface area contributed by atoms with Gasteiger partial charge in [0.1, 0.15) is 5.00 Å². The zero-order chi connectivity index (χ0) is 18.2. The van der Waals surface area contributed by atoms with Crippen LogP contribution in [0.25, 0.3) is 0 Å². The number of alkyl carbamates (subject to hydrolysis) is 1. The van der Waals surface area contributed by atoms with Crippen molar-refractivity contribution in [3.8, 4) is 0 Å². The summed E-state index contributed by atoms with van der Waals surface area (Å²) < 4.78 is 4.67. The normalized spacial score (nSPS) is 10.2. The summed E-state index contributed by atoms with van der Waals surface area (Å²) in [7, 11) is 0. The maximum absolute atomic E-state index is 12.1. The number of imide groups is 1. The molecule has 2 aromatic rings. The molecule has 25 heavy (non-hydrogen) atoms. The van der Waals surface area contributed by atoms with Crippen LogP contribution in [0.15, 0.2) is 40.6 Å². The van der Waals surface area contributed by atoms with Gasteiger partial charge in [-0.1, -0.05) is 17.7 Å². The highest BCUT2D eigenvalue weighted by atomic mass is 32.2. The topological polar surface area (TPSA) is 84.5 Å². The Bertz CT molecular complexity index is 756. The van der Waals surface area contributed by atoms with Gasteiger partial charge >= 0.3 is 6.09 Å². The summed E-state index contributed by atoms with van der Waals surface area (Å²) in [5.41, 5.74) is 1.39. The monoisotopic (exact) mass is 378 g/mol. The van der Waals surface area contributed by atoms with E-state index in [1.54, 1.807) is 18.4 Å². The molecule has 0 aliphatic heterocycles. The Kier molecular flexibility index (Phi) is 7.03. The van der Waals surface area contributed by atoms with Crippen LogP contribution in [0.2, 0.25) is 0 Å². The van der Waals surface area contributed by atoms with Crippen LogP contribution in [-0.4, -0.2) is 30.3 Å². The minimum Gasteiger partial charge on any atom is -0.450 e. The van der Waals surface area contributed by atoms with Crippen molar-refractivity contribution in [2.45, 2.75) is 18.7 Å². The quantitative estimate of drug-likeness (QED) is 0.749. The van der Waals surface area contributed by atoms with Crippen molar-refractivity contribution in [1.82, 2.24) is 5.32 Å². The molecule has 0 bridgehead atoms. The van der Waals surface area contributed by atoms with Crippen molar-refractivity contribution in [3.63, 3.8) is 0 Å². The lowest BCUT2D eigenvalue weighted by atomic mass is 10.2. The van der Waals surface area contributed by atoms with Gasteiger partial charge in [0.15, 0.2) is 0 Å². The van der Waals surface area contributed by atoms with E-state index < -0.39 is 12.0 Å². The summed E-state index contributed by atoms with van der Waals surface area (Å²) in [4.78, 5) is 36.5. The molecule has 1 heterocycles. The van der Waals surface area contributed by atoms with Crippen molar-refractivity contribution in [2.24, 2.45) is 0 Å². The molecule has 1 aromatic carbocycles. The number of hydrogen-bond donors (Lipinski definition) is 2. The number of ether oxygens (including phenoxy) is 1. The molecule has 1 aromatic heterocycles. The number of benzene rings is 1. The van der Waals surface area contributed by atoms with Gasteiger partial charge in [-0.3, -0.25) is 14.9 Å². The smallest absolute Gasteiger partial charge is 0.414 e. The van der Waals surface area contributed by atoms with E-state index in [9.17, 15) is 14.4 Å². The van der Waals surface area contributed by atoms with Crippen LogP contribution < -0.4 is 10.6 Å². The van der Waals surface area contributed by atoms with E-state index in [0.29, 0.717) is 5.00 Å². The predicted molar refractivity (Wildman–Crippen MR) is 99.3 cm³/mol. The zero-order valence-electron chi connectivity index (χ0n) is 13.8. The Morgan fingerprint density at radius 2 is 1.88 bits per heavy atom. The second-order valence-corrected chi connectivity index (χ2v) is 6.95. The molecule has 3 amide bonds. The molecule has 0 aliphatic carbocycles. The molecule has 0 spiro atoms. The Morgan fingerprint density at radius 1 is 1.16 bits per heavy atom. The van der Waals surface area contributed by atoms with E-state index in [2.05, 4.69) is 15.4 Å². The van der Waals surface area contributed by atoms with Crippen molar-refractivity contribution in [3.05, 3.63) is 46.8 Å². The number of carbonyl (C=O) groups is 3. The van der Waals surface area contributed by atoms with Crippen LogP contribution in [0, 0.1) is 6.92 Å². The number of thioether (sulfide) groups is 1. The van der Waals surface area contributed by atoms with Gasteiger partial charge in [-0.2, -0.15) is 0 Å². The molecular weight excluding hydrogens is 360 g/mol. The van der Waals surface area contributed by atoms with E-state index in [1.165, 1.54) is 23.1 Å². The third kappa shape index (κ3) is 5.91. The molecule has 2 N–H and O–H groups in total. The summed E-state index contributed by atoms with van der Waals surface area (Å²) in [6, 6.07) is 9.42. The molecule has 0 saturated carbocycles. The van der Waals surface area contributed by atoms with Crippen LogP contribution >= 0.6 is 23.1 Å². The van der Waals surface area contributed by atoms with Gasteiger partial charge in [-0.15, -0.1) is 23.1 Å². The van der Waals surface area contributed by atoms with Gasteiger partial charge < -0.3 is 10.1 Å². The molecule has 0 saturated heterocycles. The highest BCUT2D eigenvalue weighted by Crippen LogP contribution is 2.24. The van der Waals surface area contributed by atoms with Gasteiger partial charge in [0.05, 0.1) is 17.9 Å². The first-order valence-corrected chi connectivity index (χ1v) is 9.41. The first-order valence-electron chi connectivity index (χ1n) is 7.54. The Hall–Kier alpha value is -2.32. The molecule has 0 fully saturated rings. The van der Waals surface area contributed by atoms with Gasteiger partial charge in [0, 0.05) is 4.90 Å². The van der Waals surface area contributed by atoms with E-state index in [4.69, 9.17) is 0 Å². The minimum absolute atomic E-state index is 0.169. The molecule has 6 nitrogen and oxygen atoms in total. The second kappa shape index (κ2) is 9.24. The highest BCUT2D eigenvalue weighted by molar-refractivity contribution is 8.00. The zero-order valence-corrected chi connectivity index (χ0v) is 15.5. The molecule has 0 radical (unpaired) electrons. The van der Waals surface area contributed by atoms with E-state index in [1.807, 2.05) is 31.2 Å². The standard InChI is InChI=1S/C17H18N2O4S2/c1-3-23-17(22)19-15(21)13-8-9-24-16(13)18-14(20)10-25-12-6-4-11(2)5-7-12/h4-9H,3,10H2,1-2H3,(H,18,20)(H,19,21,22). The molecule has 0 unspecified atom stereocenters. The van der Waals surface area contributed by atoms with Crippen LogP contribution in [0.5, 0.6) is 0 Å². The van der Waals surface area contributed by atoms with Crippen molar-refractivity contribution < 1.29 is 19.1 Å². The Balaban J connectivity index is 1.91. The average molecular weight is 378 g/mol. The lowest BCUT2D eigenvalue weighted by Crippen LogP contribution is -2.31. The summed E-state index contributed by atoms with van der Waals surface area (Å²) in [5.74, 6) is -0.612. The third-order valence-corrected chi connectivity index (χ3v) is 4.89. The first kappa shape index (κ1) is 19.0. The van der Waals surface area contributed by atoms with E-state index >= 15 is 0 Å². The lowest BCUT2D eigenvalue weighted by Gasteiger charge is -2.07. The average Bonchev–Trinajstić information content (AvgIpc) is 3.02. The summed E-state index contributed by atoms with van der Waals surface area (Å²) in [6.07, 6.45) is -0.814. The van der Waals surface area contributed by atoms with E-state index in [0.717, 1.165) is 10.5 Å². The largest absolute Gasteiger partial charge is 0.450 e. The van der Waals surface area contributed by atoms with Crippen LogP contribution in [0.1, 0.15) is 22.8 Å². The number of amides is 3. The number of carbonyl (C=O) groups excluding carboxylic acids is 3.